The lowest BCUT2D eigenvalue weighted by atomic mass is 9.84. The second-order valence-electron chi connectivity index (χ2n) is 5.37. The van der Waals surface area contributed by atoms with Gasteiger partial charge in [-0.05, 0) is 24.6 Å². The molecule has 1 aromatic rings. The van der Waals surface area contributed by atoms with E-state index >= 15 is 0 Å². The first kappa shape index (κ1) is 13.8. The van der Waals surface area contributed by atoms with Gasteiger partial charge < -0.3 is 20.5 Å². The Labute approximate surface area is 113 Å². The predicted molar refractivity (Wildman–Crippen MR) is 71.5 cm³/mol. The molecular weight excluding hydrogens is 244 g/mol. The average Bonchev–Trinajstić information content (AvgIpc) is 2.70. The number of phenolic OH excluding ortho intramolecular Hbond substituents is 1. The van der Waals surface area contributed by atoms with Crippen LogP contribution in [0.2, 0.25) is 0 Å². The van der Waals surface area contributed by atoms with Crippen molar-refractivity contribution in [3.63, 3.8) is 0 Å². The molecular formula is C14H20N2O3. The lowest BCUT2D eigenvalue weighted by Gasteiger charge is -2.30. The van der Waals surface area contributed by atoms with Crippen LogP contribution in [0.1, 0.15) is 12.5 Å². The van der Waals surface area contributed by atoms with Gasteiger partial charge >= 0.3 is 0 Å². The predicted octanol–water partition coefficient (Wildman–Crippen LogP) is 0.714. The maximum Gasteiger partial charge on any atom is 0.232 e. The summed E-state index contributed by atoms with van der Waals surface area (Å²) in [5, 5.41) is 9.43. The Hall–Kier alpha value is -1.59. The third-order valence-electron chi connectivity index (χ3n) is 3.68. The molecule has 0 aliphatic carbocycles. The van der Waals surface area contributed by atoms with E-state index < -0.39 is 5.41 Å². The van der Waals surface area contributed by atoms with Crippen molar-refractivity contribution >= 4 is 5.91 Å². The molecule has 0 saturated carbocycles. The molecule has 0 spiro atoms. The molecule has 1 fully saturated rings. The van der Waals surface area contributed by atoms with Crippen molar-refractivity contribution in [1.29, 1.82) is 0 Å². The van der Waals surface area contributed by atoms with Crippen LogP contribution in [0, 0.1) is 5.41 Å². The van der Waals surface area contributed by atoms with Crippen molar-refractivity contribution in [2.45, 2.75) is 19.5 Å². The molecule has 5 nitrogen and oxygen atoms in total. The highest BCUT2D eigenvalue weighted by Gasteiger charge is 2.45. The third-order valence-corrected chi connectivity index (χ3v) is 3.68. The van der Waals surface area contributed by atoms with Gasteiger partial charge in [0.25, 0.3) is 0 Å². The largest absolute Gasteiger partial charge is 0.508 e. The van der Waals surface area contributed by atoms with E-state index in [2.05, 4.69) is 0 Å². The van der Waals surface area contributed by atoms with E-state index in [-0.39, 0.29) is 17.7 Å². The molecule has 1 aliphatic rings. The van der Waals surface area contributed by atoms with Gasteiger partial charge in [0.05, 0.1) is 18.6 Å². The molecule has 1 heterocycles. The van der Waals surface area contributed by atoms with Crippen LogP contribution in [-0.4, -0.2) is 42.2 Å². The van der Waals surface area contributed by atoms with Crippen LogP contribution in [0.4, 0.5) is 0 Å². The number of carbonyl (C=O) groups excluding carboxylic acids is 1. The van der Waals surface area contributed by atoms with Gasteiger partial charge in [0.15, 0.2) is 0 Å². The zero-order chi connectivity index (χ0) is 14.0. The van der Waals surface area contributed by atoms with Crippen LogP contribution in [-0.2, 0) is 16.1 Å². The van der Waals surface area contributed by atoms with Crippen molar-refractivity contribution in [3.05, 3.63) is 29.8 Å². The standard InChI is InChI=1S/C14H20N2O3/c1-14(9-19-8-12(14)15)13(18)16(2)7-10-4-3-5-11(17)6-10/h3-6,12,17H,7-9,15H2,1-2H3. The number of amides is 1. The number of nitrogens with zero attached hydrogens (tertiary/aromatic N) is 1. The number of hydrogen-bond acceptors (Lipinski definition) is 4. The zero-order valence-electron chi connectivity index (χ0n) is 11.3. The molecule has 1 saturated heterocycles. The lowest BCUT2D eigenvalue weighted by molar-refractivity contribution is -0.140. The summed E-state index contributed by atoms with van der Waals surface area (Å²) < 4.78 is 5.30. The fourth-order valence-corrected chi connectivity index (χ4v) is 2.35. The number of benzene rings is 1. The molecule has 1 aromatic carbocycles. The molecule has 104 valence electrons. The summed E-state index contributed by atoms with van der Waals surface area (Å²) >= 11 is 0. The highest BCUT2D eigenvalue weighted by atomic mass is 16.5. The molecule has 0 radical (unpaired) electrons. The summed E-state index contributed by atoms with van der Waals surface area (Å²) in [4.78, 5) is 14.1. The number of carbonyl (C=O) groups is 1. The molecule has 19 heavy (non-hydrogen) atoms. The number of hydrogen-bond donors (Lipinski definition) is 2. The molecule has 1 aliphatic heterocycles. The minimum atomic E-state index is -0.661. The molecule has 2 rings (SSSR count). The zero-order valence-corrected chi connectivity index (χ0v) is 11.3. The van der Waals surface area contributed by atoms with E-state index in [0.29, 0.717) is 19.8 Å². The number of nitrogens with two attached hydrogens (primary N) is 1. The van der Waals surface area contributed by atoms with E-state index in [4.69, 9.17) is 10.5 Å². The van der Waals surface area contributed by atoms with Gasteiger partial charge in [-0.25, -0.2) is 0 Å². The molecule has 3 N–H and O–H groups in total. The summed E-state index contributed by atoms with van der Waals surface area (Å²) in [6.07, 6.45) is 0. The second-order valence-corrected chi connectivity index (χ2v) is 5.37. The van der Waals surface area contributed by atoms with Gasteiger partial charge in [0.2, 0.25) is 5.91 Å². The summed E-state index contributed by atoms with van der Waals surface area (Å²) in [6, 6.07) is 6.61. The van der Waals surface area contributed by atoms with Crippen molar-refractivity contribution in [1.82, 2.24) is 4.90 Å². The van der Waals surface area contributed by atoms with E-state index in [1.54, 1.807) is 30.1 Å². The number of aromatic hydroxyl groups is 1. The normalized spacial score (nSPS) is 26.4. The maximum atomic E-state index is 12.5. The van der Waals surface area contributed by atoms with Crippen molar-refractivity contribution in [2.24, 2.45) is 11.1 Å². The SMILES string of the molecule is CN(Cc1cccc(O)c1)C(=O)C1(C)COCC1N. The topological polar surface area (TPSA) is 75.8 Å². The molecule has 0 aromatic heterocycles. The van der Waals surface area contributed by atoms with Crippen LogP contribution >= 0.6 is 0 Å². The van der Waals surface area contributed by atoms with Crippen LogP contribution < -0.4 is 5.73 Å². The Bertz CT molecular complexity index is 478. The minimum absolute atomic E-state index is 0.0270. The first-order valence-electron chi connectivity index (χ1n) is 6.30. The lowest BCUT2D eigenvalue weighted by Crippen LogP contribution is -2.50. The van der Waals surface area contributed by atoms with Crippen molar-refractivity contribution < 1.29 is 14.6 Å². The van der Waals surface area contributed by atoms with Crippen LogP contribution in [0.3, 0.4) is 0 Å². The molecule has 5 heteroatoms. The van der Waals surface area contributed by atoms with Gasteiger partial charge in [-0.3, -0.25) is 4.79 Å². The Morgan fingerprint density at radius 2 is 2.37 bits per heavy atom. The average molecular weight is 264 g/mol. The minimum Gasteiger partial charge on any atom is -0.508 e. The van der Waals surface area contributed by atoms with Crippen molar-refractivity contribution in [3.8, 4) is 5.75 Å². The third kappa shape index (κ3) is 2.72. The number of ether oxygens (including phenoxy) is 1. The van der Waals surface area contributed by atoms with Gasteiger partial charge in [-0.1, -0.05) is 12.1 Å². The Morgan fingerprint density at radius 3 is 2.95 bits per heavy atom. The van der Waals surface area contributed by atoms with Gasteiger partial charge in [-0.15, -0.1) is 0 Å². The fraction of sp³-hybridized carbons (Fsp3) is 0.500. The van der Waals surface area contributed by atoms with Crippen LogP contribution in [0.15, 0.2) is 24.3 Å². The summed E-state index contributed by atoms with van der Waals surface area (Å²) in [5.74, 6) is 0.173. The monoisotopic (exact) mass is 264 g/mol. The molecule has 0 bridgehead atoms. The number of rotatable bonds is 3. The summed E-state index contributed by atoms with van der Waals surface area (Å²) in [5.41, 5.74) is 6.18. The quantitative estimate of drug-likeness (QED) is 0.843. The van der Waals surface area contributed by atoms with E-state index in [0.717, 1.165) is 5.56 Å². The smallest absolute Gasteiger partial charge is 0.232 e. The fourth-order valence-electron chi connectivity index (χ4n) is 2.35. The summed E-state index contributed by atoms with van der Waals surface area (Å²) in [7, 11) is 1.74. The van der Waals surface area contributed by atoms with Crippen molar-refractivity contribution in [2.75, 3.05) is 20.3 Å². The second kappa shape index (κ2) is 5.19. The Morgan fingerprint density at radius 1 is 1.63 bits per heavy atom. The van der Waals surface area contributed by atoms with E-state index in [1.807, 2.05) is 13.0 Å². The Kier molecular flexibility index (Phi) is 3.78. The first-order chi connectivity index (χ1) is 8.93. The van der Waals surface area contributed by atoms with Gasteiger partial charge in [0, 0.05) is 19.6 Å². The first-order valence-corrected chi connectivity index (χ1v) is 6.30. The maximum absolute atomic E-state index is 12.5. The summed E-state index contributed by atoms with van der Waals surface area (Å²) in [6.45, 7) is 3.06. The molecule has 2 unspecified atom stereocenters. The van der Waals surface area contributed by atoms with Crippen LogP contribution in [0.5, 0.6) is 5.75 Å². The van der Waals surface area contributed by atoms with Crippen LogP contribution in [0.25, 0.3) is 0 Å². The van der Waals surface area contributed by atoms with E-state index in [1.165, 1.54) is 0 Å². The Balaban J connectivity index is 2.07. The van der Waals surface area contributed by atoms with E-state index in [9.17, 15) is 9.90 Å². The highest BCUT2D eigenvalue weighted by Crippen LogP contribution is 2.29. The van der Waals surface area contributed by atoms with Gasteiger partial charge in [-0.2, -0.15) is 0 Å². The molecule has 1 amide bonds. The molecule has 2 atom stereocenters. The highest BCUT2D eigenvalue weighted by molar-refractivity contribution is 5.83. The number of phenols is 1. The van der Waals surface area contributed by atoms with Gasteiger partial charge in [0.1, 0.15) is 5.75 Å².